The molecule has 0 saturated carbocycles. The highest BCUT2D eigenvalue weighted by Gasteiger charge is 2.29. The molecule has 0 aromatic carbocycles. The summed E-state index contributed by atoms with van der Waals surface area (Å²) >= 11 is 0. The summed E-state index contributed by atoms with van der Waals surface area (Å²) in [6, 6.07) is 0.563. The van der Waals surface area contributed by atoms with Crippen LogP contribution < -0.4 is 5.32 Å². The van der Waals surface area contributed by atoms with Crippen molar-refractivity contribution in [2.45, 2.75) is 84.3 Å². The van der Waals surface area contributed by atoms with Gasteiger partial charge in [-0.25, -0.2) is 0 Å². The monoisotopic (exact) mass is 322 g/mol. The number of carbonyl (C=O) groups is 1. The Hall–Kier alpha value is -1.43. The molecule has 1 saturated heterocycles. The van der Waals surface area contributed by atoms with Crippen LogP contribution >= 0.6 is 0 Å². The van der Waals surface area contributed by atoms with Crippen LogP contribution in [0, 0.1) is 0 Å². The number of rotatable bonds is 5. The second-order valence-electron chi connectivity index (χ2n) is 7.83. The minimum atomic E-state index is -0.264. The lowest BCUT2D eigenvalue weighted by atomic mass is 9.96. The molecule has 2 rings (SSSR count). The second kappa shape index (κ2) is 6.99. The number of aromatic nitrogens is 2. The Labute approximate surface area is 139 Å². The first-order valence-corrected chi connectivity index (χ1v) is 8.57. The van der Waals surface area contributed by atoms with Gasteiger partial charge in [0, 0.05) is 23.9 Å². The van der Waals surface area contributed by atoms with Gasteiger partial charge in [0.25, 0.3) is 0 Å². The summed E-state index contributed by atoms with van der Waals surface area (Å²) in [5, 5.41) is 6.99. The van der Waals surface area contributed by atoms with Gasteiger partial charge in [-0.05, 0) is 40.2 Å². The van der Waals surface area contributed by atoms with Crippen LogP contribution in [0.4, 0.5) is 0 Å². The van der Waals surface area contributed by atoms with E-state index in [-0.39, 0.29) is 17.4 Å². The lowest BCUT2D eigenvalue weighted by Gasteiger charge is -2.28. The number of likely N-dealkylation sites (tertiary alicyclic amines) is 1. The third kappa shape index (κ3) is 4.53. The van der Waals surface area contributed by atoms with E-state index in [2.05, 4.69) is 34.2 Å². The van der Waals surface area contributed by atoms with E-state index < -0.39 is 0 Å². The van der Waals surface area contributed by atoms with E-state index in [0.29, 0.717) is 30.2 Å². The lowest BCUT2D eigenvalue weighted by Crippen LogP contribution is -2.39. The van der Waals surface area contributed by atoms with Gasteiger partial charge >= 0.3 is 0 Å². The molecule has 1 aliphatic rings. The maximum absolute atomic E-state index is 12.3. The first-order chi connectivity index (χ1) is 10.7. The number of nitrogens with one attached hydrogen (secondary N) is 1. The molecule has 1 aliphatic heterocycles. The van der Waals surface area contributed by atoms with E-state index in [9.17, 15) is 4.79 Å². The van der Waals surface area contributed by atoms with Gasteiger partial charge < -0.3 is 9.84 Å². The van der Waals surface area contributed by atoms with Crippen LogP contribution in [0.3, 0.4) is 0 Å². The highest BCUT2D eigenvalue weighted by molar-refractivity contribution is 5.77. The van der Waals surface area contributed by atoms with Crippen molar-refractivity contribution in [1.29, 1.82) is 0 Å². The minimum absolute atomic E-state index is 0.0468. The topological polar surface area (TPSA) is 71.3 Å². The van der Waals surface area contributed by atoms with Gasteiger partial charge in [-0.15, -0.1) is 0 Å². The zero-order chi connectivity index (χ0) is 17.2. The molecule has 0 radical (unpaired) electrons. The van der Waals surface area contributed by atoms with Crippen molar-refractivity contribution in [1.82, 2.24) is 20.4 Å². The van der Waals surface area contributed by atoms with Gasteiger partial charge in [-0.2, -0.15) is 4.98 Å². The van der Waals surface area contributed by atoms with E-state index in [1.807, 2.05) is 27.7 Å². The Kier molecular flexibility index (Phi) is 5.45. The molecule has 0 aliphatic carbocycles. The maximum atomic E-state index is 12.3. The van der Waals surface area contributed by atoms with E-state index >= 15 is 0 Å². The summed E-state index contributed by atoms with van der Waals surface area (Å²) in [4.78, 5) is 19.1. The predicted molar refractivity (Wildman–Crippen MR) is 89.0 cm³/mol. The molecule has 130 valence electrons. The molecule has 1 aromatic heterocycles. The van der Waals surface area contributed by atoms with Crippen molar-refractivity contribution < 1.29 is 9.32 Å². The fraction of sp³-hybridized carbons (Fsp3) is 0.824. The highest BCUT2D eigenvalue weighted by atomic mass is 16.5. The van der Waals surface area contributed by atoms with Crippen molar-refractivity contribution in [2.24, 2.45) is 0 Å². The Morgan fingerprint density at radius 1 is 1.39 bits per heavy atom. The number of hydrogen-bond acceptors (Lipinski definition) is 5. The van der Waals surface area contributed by atoms with E-state index in [1.54, 1.807) is 0 Å². The molecule has 1 amide bonds. The number of carbonyl (C=O) groups excluding carboxylic acids is 1. The zero-order valence-electron chi connectivity index (χ0n) is 15.2. The summed E-state index contributed by atoms with van der Waals surface area (Å²) in [6.45, 7) is 13.4. The van der Waals surface area contributed by atoms with Crippen LogP contribution in [0.25, 0.3) is 0 Å². The first kappa shape index (κ1) is 17.9. The normalized spacial score (nSPS) is 20.9. The van der Waals surface area contributed by atoms with E-state index in [4.69, 9.17) is 4.52 Å². The third-order valence-corrected chi connectivity index (χ3v) is 4.37. The maximum Gasteiger partial charge on any atom is 0.248 e. The van der Waals surface area contributed by atoms with Crippen LogP contribution in [-0.2, 0) is 10.2 Å². The van der Waals surface area contributed by atoms with E-state index in [0.717, 1.165) is 13.0 Å². The average molecular weight is 322 g/mol. The second-order valence-corrected chi connectivity index (χ2v) is 7.83. The van der Waals surface area contributed by atoms with Crippen molar-refractivity contribution in [3.63, 3.8) is 0 Å². The van der Waals surface area contributed by atoms with E-state index in [1.165, 1.54) is 6.42 Å². The Morgan fingerprint density at radius 2 is 2.09 bits per heavy atom. The van der Waals surface area contributed by atoms with Crippen LogP contribution in [0.2, 0.25) is 0 Å². The molecular weight excluding hydrogens is 292 g/mol. The molecule has 0 unspecified atom stereocenters. The van der Waals surface area contributed by atoms with Gasteiger partial charge in [0.05, 0.1) is 0 Å². The molecule has 0 spiro atoms. The largest absolute Gasteiger partial charge is 0.345 e. The molecule has 2 heterocycles. The van der Waals surface area contributed by atoms with Gasteiger partial charge in [0.1, 0.15) is 6.04 Å². The number of hydrogen-bond donors (Lipinski definition) is 1. The van der Waals surface area contributed by atoms with Gasteiger partial charge in [0.2, 0.25) is 11.8 Å². The number of amides is 1. The number of nitrogens with zero attached hydrogens (tertiary/aromatic N) is 3. The molecule has 2 atom stereocenters. The van der Waals surface area contributed by atoms with Crippen molar-refractivity contribution >= 4 is 5.91 Å². The van der Waals surface area contributed by atoms with Crippen LogP contribution in [-0.4, -0.2) is 39.6 Å². The van der Waals surface area contributed by atoms with Crippen LogP contribution in [0.15, 0.2) is 4.52 Å². The molecule has 1 aromatic rings. The van der Waals surface area contributed by atoms with Gasteiger partial charge in [-0.3, -0.25) is 9.69 Å². The summed E-state index contributed by atoms with van der Waals surface area (Å²) in [6.07, 6.45) is 2.79. The minimum Gasteiger partial charge on any atom is -0.345 e. The summed E-state index contributed by atoms with van der Waals surface area (Å²) in [5.41, 5.74) is -0.160. The average Bonchev–Trinajstić information content (AvgIpc) is 3.05. The Morgan fingerprint density at radius 3 is 2.65 bits per heavy atom. The lowest BCUT2D eigenvalue weighted by molar-refractivity contribution is -0.123. The van der Waals surface area contributed by atoms with Crippen LogP contribution in [0.1, 0.15) is 78.6 Å². The quantitative estimate of drug-likeness (QED) is 0.902. The first-order valence-electron chi connectivity index (χ1n) is 8.57. The zero-order valence-corrected chi connectivity index (χ0v) is 15.2. The molecule has 1 fully saturated rings. The van der Waals surface area contributed by atoms with Gasteiger partial charge in [0.15, 0.2) is 5.82 Å². The molecule has 6 heteroatoms. The summed E-state index contributed by atoms with van der Waals surface area (Å²) in [5.74, 6) is 1.18. The fourth-order valence-corrected chi connectivity index (χ4v) is 3.05. The summed E-state index contributed by atoms with van der Waals surface area (Å²) in [7, 11) is 0. The SMILES string of the molecule is CC(C)N1CCC[C@H]1CC(=O)N[C@H](C)c1nc(C(C)(C)C)no1. The van der Waals surface area contributed by atoms with Crippen LogP contribution in [0.5, 0.6) is 0 Å². The van der Waals surface area contributed by atoms with Crippen molar-refractivity contribution in [2.75, 3.05) is 6.54 Å². The van der Waals surface area contributed by atoms with Gasteiger partial charge in [-0.1, -0.05) is 25.9 Å². The Bertz CT molecular complexity index is 533. The fourth-order valence-electron chi connectivity index (χ4n) is 3.05. The highest BCUT2D eigenvalue weighted by Crippen LogP contribution is 2.23. The molecule has 0 bridgehead atoms. The molecule has 23 heavy (non-hydrogen) atoms. The summed E-state index contributed by atoms with van der Waals surface area (Å²) < 4.78 is 5.30. The third-order valence-electron chi connectivity index (χ3n) is 4.37. The molecule has 1 N–H and O–H groups in total. The predicted octanol–water partition coefficient (Wildman–Crippen LogP) is 2.81. The van der Waals surface area contributed by atoms with Crippen molar-refractivity contribution in [3.8, 4) is 0 Å². The smallest absolute Gasteiger partial charge is 0.248 e. The standard InChI is InChI=1S/C17H30N4O2/c1-11(2)21-9-7-8-13(21)10-14(22)18-12(3)15-19-16(20-23-15)17(4,5)6/h11-13H,7-10H2,1-6H3,(H,18,22)/t12-,13+/m1/s1. The van der Waals surface area contributed by atoms with Crippen molar-refractivity contribution in [3.05, 3.63) is 11.7 Å². The molecule has 6 nitrogen and oxygen atoms in total. The Balaban J connectivity index is 1.91. The molecular formula is C17H30N4O2.